The van der Waals surface area contributed by atoms with E-state index in [9.17, 15) is 13.6 Å². The second-order valence-electron chi connectivity index (χ2n) is 4.35. The molecular formula is C13H20F2N2O. The van der Waals surface area contributed by atoms with Crippen molar-refractivity contribution in [1.82, 2.24) is 5.32 Å². The molecule has 102 valence electrons. The monoisotopic (exact) mass is 258 g/mol. The van der Waals surface area contributed by atoms with Gasteiger partial charge in [0.2, 0.25) is 5.91 Å². The molecule has 0 heterocycles. The molecule has 0 aromatic rings. The van der Waals surface area contributed by atoms with Gasteiger partial charge in [0, 0.05) is 5.92 Å². The zero-order valence-electron chi connectivity index (χ0n) is 10.9. The number of alkyl halides is 2. The summed E-state index contributed by atoms with van der Waals surface area (Å²) in [7, 11) is 0.500. The second kappa shape index (κ2) is 8.62. The average Bonchev–Trinajstić information content (AvgIpc) is 2.37. The Bertz CT molecular complexity index is 325. The van der Waals surface area contributed by atoms with Gasteiger partial charge in [0.1, 0.15) is 12.7 Å². The topological polar surface area (TPSA) is 52.9 Å². The minimum Gasteiger partial charge on any atom is -0.343 e. The fourth-order valence-electron chi connectivity index (χ4n) is 2.26. The van der Waals surface area contributed by atoms with Crippen LogP contribution in [0.1, 0.15) is 26.2 Å². The molecule has 0 saturated heterocycles. The first-order valence-electron chi connectivity index (χ1n) is 5.88. The van der Waals surface area contributed by atoms with E-state index in [0.29, 0.717) is 20.0 Å². The van der Waals surface area contributed by atoms with Crippen molar-refractivity contribution in [1.29, 1.82) is 5.26 Å². The lowest BCUT2D eigenvalue weighted by Gasteiger charge is -2.32. The van der Waals surface area contributed by atoms with Gasteiger partial charge in [-0.3, -0.25) is 9.18 Å². The van der Waals surface area contributed by atoms with Crippen molar-refractivity contribution in [3.05, 3.63) is 12.2 Å². The number of carbonyl (C=O) groups is 1. The SMILES string of the molecule is C=C(C)[C@@H]1CCC(F)CC1C(=O)NCC#N.CF. The number of halogens is 2. The van der Waals surface area contributed by atoms with Crippen LogP contribution in [-0.2, 0) is 4.79 Å². The number of nitrogens with one attached hydrogen (secondary N) is 1. The molecule has 1 amide bonds. The van der Waals surface area contributed by atoms with Crippen molar-refractivity contribution in [2.75, 3.05) is 13.7 Å². The third-order valence-corrected chi connectivity index (χ3v) is 3.10. The fourth-order valence-corrected chi connectivity index (χ4v) is 2.26. The van der Waals surface area contributed by atoms with Crippen LogP contribution in [0.25, 0.3) is 0 Å². The summed E-state index contributed by atoms with van der Waals surface area (Å²) in [6, 6.07) is 1.84. The van der Waals surface area contributed by atoms with Gasteiger partial charge in [0.05, 0.1) is 13.2 Å². The van der Waals surface area contributed by atoms with Gasteiger partial charge in [-0.1, -0.05) is 12.2 Å². The molecule has 5 heteroatoms. The molecule has 3 atom stereocenters. The molecule has 0 aromatic carbocycles. The number of allylic oxidation sites excluding steroid dienone is 1. The van der Waals surface area contributed by atoms with Gasteiger partial charge >= 0.3 is 0 Å². The van der Waals surface area contributed by atoms with Crippen LogP contribution in [-0.4, -0.2) is 25.8 Å². The Hall–Kier alpha value is -1.44. The predicted octanol–water partition coefficient (Wildman–Crippen LogP) is 2.54. The van der Waals surface area contributed by atoms with Gasteiger partial charge in [0.15, 0.2) is 0 Å². The van der Waals surface area contributed by atoms with Crippen molar-refractivity contribution < 1.29 is 13.6 Å². The minimum absolute atomic E-state index is 0.0187. The van der Waals surface area contributed by atoms with Gasteiger partial charge in [-0.05, 0) is 32.1 Å². The zero-order chi connectivity index (χ0) is 14.1. The minimum atomic E-state index is -0.909. The van der Waals surface area contributed by atoms with Gasteiger partial charge < -0.3 is 5.32 Å². The first kappa shape index (κ1) is 16.6. The molecule has 0 radical (unpaired) electrons. The van der Waals surface area contributed by atoms with Crippen LogP contribution < -0.4 is 5.32 Å². The Balaban J connectivity index is 0.00000137. The largest absolute Gasteiger partial charge is 0.343 e. The zero-order valence-corrected chi connectivity index (χ0v) is 10.9. The summed E-state index contributed by atoms with van der Waals surface area (Å²) in [6.07, 6.45) is 0.503. The highest BCUT2D eigenvalue weighted by Gasteiger charge is 2.35. The molecule has 1 fully saturated rings. The highest BCUT2D eigenvalue weighted by molar-refractivity contribution is 5.79. The normalized spacial score (nSPS) is 26.3. The Morgan fingerprint density at radius 1 is 1.44 bits per heavy atom. The predicted molar refractivity (Wildman–Crippen MR) is 66.2 cm³/mol. The van der Waals surface area contributed by atoms with E-state index in [1.165, 1.54) is 0 Å². The van der Waals surface area contributed by atoms with Crippen LogP contribution in [0.5, 0.6) is 0 Å². The summed E-state index contributed by atoms with van der Waals surface area (Å²) in [5.41, 5.74) is 0.920. The molecule has 2 unspecified atom stereocenters. The van der Waals surface area contributed by atoms with E-state index >= 15 is 0 Å². The Kier molecular flexibility index (Phi) is 7.93. The number of amides is 1. The van der Waals surface area contributed by atoms with Gasteiger partial charge in [-0.2, -0.15) is 5.26 Å². The molecule has 3 nitrogen and oxygen atoms in total. The van der Waals surface area contributed by atoms with Crippen LogP contribution in [0.4, 0.5) is 8.78 Å². The summed E-state index contributed by atoms with van der Waals surface area (Å²) in [6.45, 7) is 5.70. The van der Waals surface area contributed by atoms with Crippen LogP contribution >= 0.6 is 0 Å². The molecule has 1 N–H and O–H groups in total. The van der Waals surface area contributed by atoms with Gasteiger partial charge in [-0.15, -0.1) is 0 Å². The maximum atomic E-state index is 13.3. The first-order chi connectivity index (χ1) is 8.56. The lowest BCUT2D eigenvalue weighted by Crippen LogP contribution is -2.39. The summed E-state index contributed by atoms with van der Waals surface area (Å²) in [5.74, 6) is -0.544. The summed E-state index contributed by atoms with van der Waals surface area (Å²) >= 11 is 0. The van der Waals surface area contributed by atoms with E-state index in [-0.39, 0.29) is 30.7 Å². The number of rotatable bonds is 3. The first-order valence-corrected chi connectivity index (χ1v) is 5.88. The molecule has 0 bridgehead atoms. The maximum absolute atomic E-state index is 13.3. The van der Waals surface area contributed by atoms with E-state index in [0.717, 1.165) is 5.57 Å². The molecule has 1 aliphatic rings. The third kappa shape index (κ3) is 4.82. The van der Waals surface area contributed by atoms with Crippen molar-refractivity contribution in [2.45, 2.75) is 32.4 Å². The molecule has 1 aliphatic carbocycles. The van der Waals surface area contributed by atoms with Crippen molar-refractivity contribution in [3.63, 3.8) is 0 Å². The van der Waals surface area contributed by atoms with Crippen molar-refractivity contribution in [3.8, 4) is 6.07 Å². The lowest BCUT2D eigenvalue weighted by atomic mass is 9.75. The number of hydrogen-bond donors (Lipinski definition) is 1. The Labute approximate surface area is 107 Å². The molecule has 1 rings (SSSR count). The van der Waals surface area contributed by atoms with E-state index < -0.39 is 6.17 Å². The molecule has 0 aliphatic heterocycles. The third-order valence-electron chi connectivity index (χ3n) is 3.10. The highest BCUT2D eigenvalue weighted by Crippen LogP contribution is 2.35. The lowest BCUT2D eigenvalue weighted by molar-refractivity contribution is -0.127. The van der Waals surface area contributed by atoms with E-state index in [4.69, 9.17) is 5.26 Å². The maximum Gasteiger partial charge on any atom is 0.224 e. The number of nitriles is 1. The second-order valence-corrected chi connectivity index (χ2v) is 4.35. The van der Waals surface area contributed by atoms with E-state index in [1.807, 2.05) is 13.0 Å². The highest BCUT2D eigenvalue weighted by atomic mass is 19.1. The van der Waals surface area contributed by atoms with Gasteiger partial charge in [-0.25, -0.2) is 4.39 Å². The van der Waals surface area contributed by atoms with E-state index in [2.05, 4.69) is 11.9 Å². The van der Waals surface area contributed by atoms with Crippen LogP contribution in [0.15, 0.2) is 12.2 Å². The van der Waals surface area contributed by atoms with E-state index in [1.54, 1.807) is 0 Å². The summed E-state index contributed by atoms with van der Waals surface area (Å²) in [4.78, 5) is 11.7. The molecule has 0 aromatic heterocycles. The average molecular weight is 258 g/mol. The van der Waals surface area contributed by atoms with Crippen molar-refractivity contribution in [2.24, 2.45) is 11.8 Å². The number of hydrogen-bond acceptors (Lipinski definition) is 2. The fraction of sp³-hybridized carbons (Fsp3) is 0.692. The molecular weight excluding hydrogens is 238 g/mol. The summed E-state index contributed by atoms with van der Waals surface area (Å²) in [5, 5.41) is 10.9. The molecule has 0 spiro atoms. The quantitative estimate of drug-likeness (QED) is 0.624. The molecule has 1 saturated carbocycles. The smallest absolute Gasteiger partial charge is 0.224 e. The van der Waals surface area contributed by atoms with Crippen LogP contribution in [0, 0.1) is 23.2 Å². The van der Waals surface area contributed by atoms with Crippen molar-refractivity contribution >= 4 is 5.91 Å². The van der Waals surface area contributed by atoms with Crippen LogP contribution in [0.2, 0.25) is 0 Å². The Morgan fingerprint density at radius 2 is 2.06 bits per heavy atom. The molecule has 18 heavy (non-hydrogen) atoms. The van der Waals surface area contributed by atoms with Crippen LogP contribution in [0.3, 0.4) is 0 Å². The number of nitrogens with zero attached hydrogens (tertiary/aromatic N) is 1. The number of carbonyl (C=O) groups excluding carboxylic acids is 1. The standard InChI is InChI=1S/C12H17FN2O.CH3F/c1-8(2)10-4-3-9(13)7-11(10)12(16)15-6-5-14;1-2/h9-11H,1,3-4,6-7H2,2H3,(H,15,16);1H3/t9?,10-,11?;/m0./s1. The van der Waals surface area contributed by atoms with Gasteiger partial charge in [0.25, 0.3) is 0 Å². The Morgan fingerprint density at radius 3 is 2.56 bits per heavy atom. The summed E-state index contributed by atoms with van der Waals surface area (Å²) < 4.78 is 22.8.